The van der Waals surface area contributed by atoms with Gasteiger partial charge in [0.2, 0.25) is 0 Å². The molecule has 2 rings (SSSR count). The first kappa shape index (κ1) is 19.2. The zero-order valence-electron chi connectivity index (χ0n) is 15.0. The Bertz CT molecular complexity index is 586. The zero-order valence-corrected chi connectivity index (χ0v) is 15.0. The number of unbranched alkanes of at least 4 members (excludes halogenated alkanes) is 2. The lowest BCUT2D eigenvalue weighted by atomic mass is 9.88. The molecule has 0 aliphatic carbocycles. The SMILES string of the molecule is CCCCCOc1ccc(C(=O)N2CCC(COC)(C(=O)O)C2)cc1. The standard InChI is InChI=1S/C19H27NO5/c1-3-4-5-12-25-16-8-6-15(7-9-16)17(21)20-11-10-19(13-20,14-24-2)18(22)23/h6-9H,3-5,10-14H2,1-2H3,(H,22,23). The van der Waals surface area contributed by atoms with Gasteiger partial charge in [0.1, 0.15) is 11.2 Å². The molecule has 6 heteroatoms. The Morgan fingerprint density at radius 2 is 1.96 bits per heavy atom. The molecule has 1 heterocycles. The summed E-state index contributed by atoms with van der Waals surface area (Å²) in [5, 5.41) is 9.49. The minimum absolute atomic E-state index is 0.108. The van der Waals surface area contributed by atoms with E-state index in [2.05, 4.69) is 6.92 Å². The molecule has 6 nitrogen and oxygen atoms in total. The molecule has 0 bridgehead atoms. The van der Waals surface area contributed by atoms with E-state index < -0.39 is 11.4 Å². The van der Waals surface area contributed by atoms with E-state index in [0.717, 1.165) is 25.0 Å². The summed E-state index contributed by atoms with van der Waals surface area (Å²) in [6.07, 6.45) is 3.70. The summed E-state index contributed by atoms with van der Waals surface area (Å²) in [5.74, 6) is -0.328. The lowest BCUT2D eigenvalue weighted by molar-refractivity contribution is -0.151. The van der Waals surface area contributed by atoms with E-state index in [1.165, 1.54) is 7.11 Å². The highest BCUT2D eigenvalue weighted by Crippen LogP contribution is 2.32. The quantitative estimate of drug-likeness (QED) is 0.694. The van der Waals surface area contributed by atoms with Crippen LogP contribution in [0, 0.1) is 5.41 Å². The zero-order chi connectivity index (χ0) is 18.3. The highest BCUT2D eigenvalue weighted by atomic mass is 16.5. The number of rotatable bonds is 9. The predicted molar refractivity (Wildman–Crippen MR) is 93.9 cm³/mol. The van der Waals surface area contributed by atoms with E-state index in [1.807, 2.05) is 0 Å². The van der Waals surface area contributed by atoms with Crippen LogP contribution in [0.2, 0.25) is 0 Å². The van der Waals surface area contributed by atoms with Gasteiger partial charge in [0, 0.05) is 25.8 Å². The maximum absolute atomic E-state index is 12.6. The van der Waals surface area contributed by atoms with Crippen LogP contribution in [0.1, 0.15) is 43.0 Å². The van der Waals surface area contributed by atoms with E-state index in [9.17, 15) is 14.7 Å². The second kappa shape index (κ2) is 8.85. The van der Waals surface area contributed by atoms with Crippen LogP contribution in [-0.2, 0) is 9.53 Å². The summed E-state index contributed by atoms with van der Waals surface area (Å²) in [5.41, 5.74) is -0.466. The van der Waals surface area contributed by atoms with Crippen molar-refractivity contribution in [2.24, 2.45) is 5.41 Å². The number of carboxylic acid groups (broad SMARTS) is 1. The van der Waals surface area contributed by atoms with Crippen LogP contribution < -0.4 is 4.74 Å². The summed E-state index contributed by atoms with van der Waals surface area (Å²) >= 11 is 0. The molecular formula is C19H27NO5. The van der Waals surface area contributed by atoms with Crippen molar-refractivity contribution in [2.75, 3.05) is 33.4 Å². The van der Waals surface area contributed by atoms with Gasteiger partial charge >= 0.3 is 5.97 Å². The number of amides is 1. The van der Waals surface area contributed by atoms with Crippen LogP contribution in [0.4, 0.5) is 0 Å². The average molecular weight is 349 g/mol. The third kappa shape index (κ3) is 4.72. The molecule has 138 valence electrons. The number of aliphatic carboxylic acids is 1. The van der Waals surface area contributed by atoms with Crippen LogP contribution in [0.15, 0.2) is 24.3 Å². The van der Waals surface area contributed by atoms with Crippen LogP contribution in [0.3, 0.4) is 0 Å². The van der Waals surface area contributed by atoms with Crippen molar-refractivity contribution in [1.82, 2.24) is 4.90 Å². The van der Waals surface area contributed by atoms with E-state index in [4.69, 9.17) is 9.47 Å². The molecule has 1 amide bonds. The fraction of sp³-hybridized carbons (Fsp3) is 0.579. The maximum atomic E-state index is 12.6. The predicted octanol–water partition coefficient (Wildman–Crippen LogP) is 2.82. The van der Waals surface area contributed by atoms with Gasteiger partial charge in [0.05, 0.1) is 13.2 Å². The van der Waals surface area contributed by atoms with Gasteiger partial charge in [-0.15, -0.1) is 0 Å². The van der Waals surface area contributed by atoms with Crippen molar-refractivity contribution in [3.63, 3.8) is 0 Å². The molecule has 1 aliphatic rings. The largest absolute Gasteiger partial charge is 0.494 e. The summed E-state index contributed by atoms with van der Waals surface area (Å²) in [6.45, 7) is 3.51. The minimum Gasteiger partial charge on any atom is -0.494 e. The van der Waals surface area contributed by atoms with E-state index in [0.29, 0.717) is 25.1 Å². The number of carbonyl (C=O) groups is 2. The van der Waals surface area contributed by atoms with Crippen LogP contribution >= 0.6 is 0 Å². The van der Waals surface area contributed by atoms with Gasteiger partial charge in [-0.3, -0.25) is 9.59 Å². The normalized spacial score (nSPS) is 19.8. The van der Waals surface area contributed by atoms with Crippen molar-refractivity contribution < 1.29 is 24.2 Å². The highest BCUT2D eigenvalue weighted by molar-refractivity contribution is 5.95. The van der Waals surface area contributed by atoms with Gasteiger partial charge in [0.15, 0.2) is 0 Å². The van der Waals surface area contributed by atoms with Gasteiger partial charge in [-0.1, -0.05) is 19.8 Å². The first-order valence-corrected chi connectivity index (χ1v) is 8.77. The molecule has 1 N–H and O–H groups in total. The van der Waals surface area contributed by atoms with Gasteiger partial charge < -0.3 is 19.5 Å². The Balaban J connectivity index is 1.95. The molecule has 1 aromatic rings. The highest BCUT2D eigenvalue weighted by Gasteiger charge is 2.46. The second-order valence-corrected chi connectivity index (χ2v) is 6.58. The number of likely N-dealkylation sites (tertiary alicyclic amines) is 1. The Hall–Kier alpha value is -2.08. The summed E-state index contributed by atoms with van der Waals surface area (Å²) in [6, 6.07) is 7.03. The molecule has 1 aromatic carbocycles. The van der Waals surface area contributed by atoms with Gasteiger partial charge in [0.25, 0.3) is 5.91 Å². The number of benzene rings is 1. The van der Waals surface area contributed by atoms with Crippen molar-refractivity contribution in [1.29, 1.82) is 0 Å². The number of nitrogens with zero attached hydrogens (tertiary/aromatic N) is 1. The van der Waals surface area contributed by atoms with Gasteiger partial charge in [-0.25, -0.2) is 0 Å². The van der Waals surface area contributed by atoms with E-state index in [1.54, 1.807) is 29.2 Å². The Morgan fingerprint density at radius 3 is 2.56 bits per heavy atom. The fourth-order valence-electron chi connectivity index (χ4n) is 3.09. The minimum atomic E-state index is -1.01. The van der Waals surface area contributed by atoms with Crippen molar-refractivity contribution in [2.45, 2.75) is 32.6 Å². The number of carboxylic acids is 1. The average Bonchev–Trinajstić information content (AvgIpc) is 3.05. The van der Waals surface area contributed by atoms with Crippen LogP contribution in [0.25, 0.3) is 0 Å². The Labute approximate surface area is 148 Å². The van der Waals surface area contributed by atoms with Gasteiger partial charge in [-0.2, -0.15) is 0 Å². The summed E-state index contributed by atoms with van der Waals surface area (Å²) in [4.78, 5) is 25.8. The Kier molecular flexibility index (Phi) is 6.82. The molecule has 0 spiro atoms. The topological polar surface area (TPSA) is 76.1 Å². The third-order valence-corrected chi connectivity index (χ3v) is 4.63. The number of carbonyl (C=O) groups excluding carboxylic acids is 1. The third-order valence-electron chi connectivity index (χ3n) is 4.63. The Morgan fingerprint density at radius 1 is 1.24 bits per heavy atom. The van der Waals surface area contributed by atoms with Gasteiger partial charge in [-0.05, 0) is 37.1 Å². The summed E-state index contributed by atoms with van der Waals surface area (Å²) < 4.78 is 10.7. The molecule has 1 unspecified atom stereocenters. The van der Waals surface area contributed by atoms with Crippen LogP contribution in [-0.4, -0.2) is 55.3 Å². The van der Waals surface area contributed by atoms with E-state index in [-0.39, 0.29) is 19.1 Å². The number of ether oxygens (including phenoxy) is 2. The molecule has 1 saturated heterocycles. The smallest absolute Gasteiger partial charge is 0.313 e. The lowest BCUT2D eigenvalue weighted by Crippen LogP contribution is -2.40. The molecule has 25 heavy (non-hydrogen) atoms. The second-order valence-electron chi connectivity index (χ2n) is 6.58. The summed E-state index contributed by atoms with van der Waals surface area (Å²) in [7, 11) is 1.48. The monoisotopic (exact) mass is 349 g/mol. The number of hydrogen-bond donors (Lipinski definition) is 1. The number of hydrogen-bond acceptors (Lipinski definition) is 4. The fourth-order valence-corrected chi connectivity index (χ4v) is 3.09. The molecule has 0 aromatic heterocycles. The lowest BCUT2D eigenvalue weighted by Gasteiger charge is -2.23. The molecule has 1 fully saturated rings. The first-order valence-electron chi connectivity index (χ1n) is 8.77. The molecule has 0 radical (unpaired) electrons. The van der Waals surface area contributed by atoms with Crippen molar-refractivity contribution >= 4 is 11.9 Å². The van der Waals surface area contributed by atoms with Crippen LogP contribution in [0.5, 0.6) is 5.75 Å². The molecule has 0 saturated carbocycles. The molecular weight excluding hydrogens is 322 g/mol. The maximum Gasteiger partial charge on any atom is 0.313 e. The van der Waals surface area contributed by atoms with E-state index >= 15 is 0 Å². The van der Waals surface area contributed by atoms with Crippen molar-refractivity contribution in [3.05, 3.63) is 29.8 Å². The molecule has 1 atom stereocenters. The molecule has 1 aliphatic heterocycles. The number of methoxy groups -OCH3 is 1. The van der Waals surface area contributed by atoms with Crippen molar-refractivity contribution in [3.8, 4) is 5.75 Å². The first-order chi connectivity index (χ1) is 12.0.